The van der Waals surface area contributed by atoms with Crippen molar-refractivity contribution in [1.82, 2.24) is 9.99 Å². The van der Waals surface area contributed by atoms with E-state index in [1.54, 1.807) is 50.7 Å². The van der Waals surface area contributed by atoms with Gasteiger partial charge in [0.2, 0.25) is 5.88 Å². The number of aromatic hydroxyl groups is 1. The van der Waals surface area contributed by atoms with Crippen molar-refractivity contribution in [1.29, 1.82) is 0 Å². The zero-order valence-electron chi connectivity index (χ0n) is 19.0. The lowest BCUT2D eigenvalue weighted by atomic mass is 10.0. The highest BCUT2D eigenvalue weighted by Crippen LogP contribution is 2.32. The SMILES string of the molecule is COc1cc2c(cc1OC)CC(C)N(C(=O)N(C)c1ccc(-c3ccc(O)nc3)cc1)N=C2. The molecule has 0 saturated heterocycles. The first kappa shape index (κ1) is 22.1. The molecule has 1 aromatic heterocycles. The second kappa shape index (κ2) is 9.20. The number of nitrogens with zero attached hydrogens (tertiary/aromatic N) is 4. The maximum Gasteiger partial charge on any atom is 0.344 e. The van der Waals surface area contributed by atoms with E-state index in [2.05, 4.69) is 10.1 Å². The smallest absolute Gasteiger partial charge is 0.344 e. The van der Waals surface area contributed by atoms with Gasteiger partial charge in [-0.2, -0.15) is 5.10 Å². The molecule has 2 heterocycles. The van der Waals surface area contributed by atoms with Gasteiger partial charge in [-0.15, -0.1) is 0 Å². The second-order valence-electron chi connectivity index (χ2n) is 7.84. The molecule has 1 atom stereocenters. The molecule has 33 heavy (non-hydrogen) atoms. The molecule has 1 unspecified atom stereocenters. The van der Waals surface area contributed by atoms with Crippen molar-refractivity contribution < 1.29 is 19.4 Å². The fourth-order valence-corrected chi connectivity index (χ4v) is 3.81. The average molecular weight is 447 g/mol. The molecule has 1 N–H and O–H groups in total. The standard InChI is InChI=1S/C25H26N4O4/c1-16-11-19-12-22(32-3)23(33-4)13-20(19)15-27-29(16)25(31)28(2)21-8-5-17(6-9-21)18-7-10-24(30)26-14-18/h5-10,12-16H,11H2,1-4H3,(H,26,30). The second-order valence-corrected chi connectivity index (χ2v) is 7.84. The number of hydrogen-bond acceptors (Lipinski definition) is 6. The van der Waals surface area contributed by atoms with E-state index in [-0.39, 0.29) is 18.0 Å². The summed E-state index contributed by atoms with van der Waals surface area (Å²) in [6.07, 6.45) is 3.92. The molecular weight excluding hydrogens is 420 g/mol. The van der Waals surface area contributed by atoms with Crippen LogP contribution in [0.3, 0.4) is 0 Å². The Hall–Kier alpha value is -4.07. The number of pyridine rings is 1. The van der Waals surface area contributed by atoms with E-state index in [0.29, 0.717) is 17.9 Å². The van der Waals surface area contributed by atoms with Crippen LogP contribution >= 0.6 is 0 Å². The van der Waals surface area contributed by atoms with Crippen LogP contribution in [0.1, 0.15) is 18.1 Å². The van der Waals surface area contributed by atoms with E-state index in [9.17, 15) is 9.90 Å². The molecule has 0 fully saturated rings. The molecule has 2 amide bonds. The number of anilines is 1. The summed E-state index contributed by atoms with van der Waals surface area (Å²) < 4.78 is 10.8. The van der Waals surface area contributed by atoms with Crippen LogP contribution < -0.4 is 14.4 Å². The van der Waals surface area contributed by atoms with Gasteiger partial charge in [-0.25, -0.2) is 14.8 Å². The zero-order valence-corrected chi connectivity index (χ0v) is 19.0. The van der Waals surface area contributed by atoms with Gasteiger partial charge >= 0.3 is 6.03 Å². The van der Waals surface area contributed by atoms with E-state index in [1.165, 1.54) is 5.01 Å². The molecule has 0 bridgehead atoms. The number of hydrazone groups is 1. The quantitative estimate of drug-likeness (QED) is 0.645. The maximum atomic E-state index is 13.3. The Labute approximate surface area is 192 Å². The number of amides is 2. The summed E-state index contributed by atoms with van der Waals surface area (Å²) in [5.41, 5.74) is 4.48. The Bertz CT molecular complexity index is 1180. The minimum absolute atomic E-state index is 0.0214. The van der Waals surface area contributed by atoms with Crippen LogP contribution in [-0.4, -0.2) is 54.7 Å². The monoisotopic (exact) mass is 446 g/mol. The predicted octanol–water partition coefficient (Wildman–Crippen LogP) is 4.31. The first-order valence-corrected chi connectivity index (χ1v) is 10.5. The van der Waals surface area contributed by atoms with Gasteiger partial charge in [-0.05, 0) is 54.8 Å². The highest BCUT2D eigenvalue weighted by atomic mass is 16.5. The lowest BCUT2D eigenvalue weighted by Crippen LogP contribution is -2.43. The Morgan fingerprint density at radius 2 is 1.73 bits per heavy atom. The van der Waals surface area contributed by atoms with Crippen LogP contribution in [0.4, 0.5) is 10.5 Å². The van der Waals surface area contributed by atoms with E-state index in [0.717, 1.165) is 27.9 Å². The van der Waals surface area contributed by atoms with Crippen molar-refractivity contribution in [2.75, 3.05) is 26.2 Å². The van der Waals surface area contributed by atoms with Gasteiger partial charge in [-0.3, -0.25) is 4.90 Å². The summed E-state index contributed by atoms with van der Waals surface area (Å²) >= 11 is 0. The van der Waals surface area contributed by atoms with Crippen molar-refractivity contribution in [2.45, 2.75) is 19.4 Å². The molecule has 0 saturated carbocycles. The normalized spacial score (nSPS) is 14.9. The van der Waals surface area contributed by atoms with Crippen molar-refractivity contribution in [3.05, 3.63) is 65.9 Å². The molecule has 1 aliphatic heterocycles. The lowest BCUT2D eigenvalue weighted by Gasteiger charge is -2.28. The molecule has 0 spiro atoms. The van der Waals surface area contributed by atoms with Crippen LogP contribution in [0.2, 0.25) is 0 Å². The van der Waals surface area contributed by atoms with E-state index >= 15 is 0 Å². The molecule has 3 aromatic rings. The van der Waals surface area contributed by atoms with Gasteiger partial charge in [0.1, 0.15) is 0 Å². The largest absolute Gasteiger partial charge is 0.493 e. The van der Waals surface area contributed by atoms with Crippen molar-refractivity contribution in [3.63, 3.8) is 0 Å². The summed E-state index contributed by atoms with van der Waals surface area (Å²) in [4.78, 5) is 18.8. The van der Waals surface area contributed by atoms with Gasteiger partial charge < -0.3 is 14.6 Å². The minimum atomic E-state index is -0.232. The summed E-state index contributed by atoms with van der Waals surface area (Å²) in [6, 6.07) is 14.3. The number of carbonyl (C=O) groups excluding carboxylic acids is 1. The Morgan fingerprint density at radius 1 is 1.06 bits per heavy atom. The first-order valence-electron chi connectivity index (χ1n) is 10.5. The van der Waals surface area contributed by atoms with Crippen LogP contribution in [0.25, 0.3) is 11.1 Å². The lowest BCUT2D eigenvalue weighted by molar-refractivity contribution is 0.190. The summed E-state index contributed by atoms with van der Waals surface area (Å²) in [5, 5.41) is 15.4. The molecule has 0 aliphatic carbocycles. The first-order chi connectivity index (χ1) is 15.9. The van der Waals surface area contributed by atoms with Crippen LogP contribution in [0.5, 0.6) is 17.4 Å². The third kappa shape index (κ3) is 4.45. The summed E-state index contributed by atoms with van der Waals surface area (Å²) in [7, 11) is 4.92. The van der Waals surface area contributed by atoms with Gasteiger partial charge in [0.05, 0.1) is 26.5 Å². The average Bonchev–Trinajstić information content (AvgIpc) is 3.00. The summed E-state index contributed by atoms with van der Waals surface area (Å²) in [6.45, 7) is 1.97. The molecular formula is C25H26N4O4. The number of carbonyl (C=O) groups is 1. The number of aromatic nitrogens is 1. The molecule has 1 aliphatic rings. The number of rotatable bonds is 4. The maximum absolute atomic E-state index is 13.3. The van der Waals surface area contributed by atoms with Crippen molar-refractivity contribution in [2.24, 2.45) is 5.10 Å². The minimum Gasteiger partial charge on any atom is -0.493 e. The Morgan fingerprint density at radius 3 is 2.36 bits per heavy atom. The van der Waals surface area contributed by atoms with E-state index in [4.69, 9.17) is 9.47 Å². The fraction of sp³-hybridized carbons (Fsp3) is 0.240. The number of urea groups is 1. The van der Waals surface area contributed by atoms with Crippen molar-refractivity contribution >= 4 is 17.9 Å². The number of hydrogen-bond donors (Lipinski definition) is 1. The highest BCUT2D eigenvalue weighted by molar-refractivity contribution is 5.93. The number of benzene rings is 2. The van der Waals surface area contributed by atoms with Crippen LogP contribution in [0, 0.1) is 0 Å². The number of fused-ring (bicyclic) bond motifs is 1. The van der Waals surface area contributed by atoms with Crippen LogP contribution in [-0.2, 0) is 6.42 Å². The molecule has 2 aromatic carbocycles. The van der Waals surface area contributed by atoms with Gasteiger partial charge in [0.25, 0.3) is 0 Å². The Balaban J connectivity index is 1.54. The molecule has 8 heteroatoms. The summed E-state index contributed by atoms with van der Waals surface area (Å²) in [5.74, 6) is 1.25. The topological polar surface area (TPSA) is 87.5 Å². The molecule has 170 valence electrons. The van der Waals surface area contributed by atoms with Gasteiger partial charge in [0.15, 0.2) is 11.5 Å². The Kier molecular flexibility index (Phi) is 6.17. The third-order valence-corrected chi connectivity index (χ3v) is 5.72. The molecule has 4 rings (SSSR count). The predicted molar refractivity (Wildman–Crippen MR) is 127 cm³/mol. The van der Waals surface area contributed by atoms with Gasteiger partial charge in [-0.1, -0.05) is 12.1 Å². The fourth-order valence-electron chi connectivity index (χ4n) is 3.81. The van der Waals surface area contributed by atoms with Crippen LogP contribution in [0.15, 0.2) is 59.8 Å². The van der Waals surface area contributed by atoms with E-state index in [1.807, 2.05) is 43.3 Å². The van der Waals surface area contributed by atoms with Gasteiger partial charge in [0, 0.05) is 36.1 Å². The van der Waals surface area contributed by atoms with E-state index < -0.39 is 0 Å². The molecule has 8 nitrogen and oxygen atoms in total. The van der Waals surface area contributed by atoms with Crippen molar-refractivity contribution in [3.8, 4) is 28.5 Å². The number of ether oxygens (including phenoxy) is 2. The number of methoxy groups -OCH3 is 2. The third-order valence-electron chi connectivity index (χ3n) is 5.72. The zero-order chi connectivity index (χ0) is 23.5. The molecule has 0 radical (unpaired) electrons. The highest BCUT2D eigenvalue weighted by Gasteiger charge is 2.27.